The van der Waals surface area contributed by atoms with Crippen molar-refractivity contribution in [1.29, 1.82) is 0 Å². The summed E-state index contributed by atoms with van der Waals surface area (Å²) in [4.78, 5) is 0. The van der Waals surface area contributed by atoms with Gasteiger partial charge in [0, 0.05) is 23.9 Å². The van der Waals surface area contributed by atoms with Gasteiger partial charge in [0.05, 0.1) is 18.2 Å². The number of anilines is 1. The zero-order valence-electron chi connectivity index (χ0n) is 13.7. The van der Waals surface area contributed by atoms with E-state index in [-0.39, 0.29) is 18.2 Å². The van der Waals surface area contributed by atoms with Gasteiger partial charge in [-0.2, -0.15) is 0 Å². The predicted octanol–water partition coefficient (Wildman–Crippen LogP) is 1.47. The van der Waals surface area contributed by atoms with E-state index in [0.717, 1.165) is 28.5 Å². The Labute approximate surface area is 145 Å². The standard InChI is InChI=1S/C19H20N2O4/c22-6-5-20-18-19(12-3-1-2-4-14(12)21-18)11-25-15-10-17-16(9-13(15)19)23-7-8-24-17/h1-4,9-10,18,20-22H,5-8,11H2. The van der Waals surface area contributed by atoms with Crippen LogP contribution in [0.4, 0.5) is 5.69 Å². The quantitative estimate of drug-likeness (QED) is 0.786. The van der Waals surface area contributed by atoms with E-state index in [1.807, 2.05) is 24.3 Å². The molecule has 3 aliphatic heterocycles. The number of benzene rings is 2. The van der Waals surface area contributed by atoms with Crippen LogP contribution in [0.5, 0.6) is 17.2 Å². The second kappa shape index (κ2) is 5.54. The molecule has 0 fully saturated rings. The van der Waals surface area contributed by atoms with Crippen molar-refractivity contribution in [2.24, 2.45) is 0 Å². The van der Waals surface area contributed by atoms with Gasteiger partial charge >= 0.3 is 0 Å². The van der Waals surface area contributed by atoms with Crippen LogP contribution < -0.4 is 24.8 Å². The lowest BCUT2D eigenvalue weighted by Crippen LogP contribution is -2.51. The van der Waals surface area contributed by atoms with Gasteiger partial charge < -0.3 is 24.6 Å². The third-order valence-electron chi connectivity index (χ3n) is 5.24. The molecular formula is C19H20N2O4. The van der Waals surface area contributed by atoms with Gasteiger partial charge in [-0.25, -0.2) is 0 Å². The molecule has 130 valence electrons. The van der Waals surface area contributed by atoms with Gasteiger partial charge in [0.25, 0.3) is 0 Å². The summed E-state index contributed by atoms with van der Waals surface area (Å²) in [6, 6.07) is 12.3. The Morgan fingerprint density at radius 3 is 2.68 bits per heavy atom. The highest BCUT2D eigenvalue weighted by Crippen LogP contribution is 2.54. The Morgan fingerprint density at radius 2 is 1.84 bits per heavy atom. The minimum Gasteiger partial charge on any atom is -0.492 e. The number of aliphatic hydroxyl groups is 1. The van der Waals surface area contributed by atoms with Gasteiger partial charge in [-0.05, 0) is 17.7 Å². The van der Waals surface area contributed by atoms with Gasteiger partial charge in [0.2, 0.25) is 0 Å². The zero-order valence-corrected chi connectivity index (χ0v) is 13.7. The van der Waals surface area contributed by atoms with Crippen molar-refractivity contribution >= 4 is 5.69 Å². The maximum Gasteiger partial charge on any atom is 0.165 e. The number of hydrogen-bond donors (Lipinski definition) is 3. The number of ether oxygens (including phenoxy) is 3. The number of nitrogens with one attached hydrogen (secondary N) is 2. The lowest BCUT2D eigenvalue weighted by molar-refractivity contribution is 0.171. The normalized spacial score (nSPS) is 25.2. The molecule has 2 aromatic rings. The van der Waals surface area contributed by atoms with Crippen LogP contribution in [0.15, 0.2) is 36.4 Å². The molecule has 0 saturated heterocycles. The van der Waals surface area contributed by atoms with Crippen molar-refractivity contribution in [2.45, 2.75) is 11.6 Å². The minimum absolute atomic E-state index is 0.0686. The Balaban J connectivity index is 1.67. The molecule has 6 heteroatoms. The Hall–Kier alpha value is -2.44. The molecule has 2 atom stereocenters. The molecule has 0 saturated carbocycles. The summed E-state index contributed by atoms with van der Waals surface area (Å²) < 4.78 is 17.6. The van der Waals surface area contributed by atoms with Crippen molar-refractivity contribution in [2.75, 3.05) is 38.3 Å². The molecule has 25 heavy (non-hydrogen) atoms. The summed E-state index contributed by atoms with van der Waals surface area (Å²) in [7, 11) is 0. The lowest BCUT2D eigenvalue weighted by Gasteiger charge is -2.31. The first-order valence-corrected chi connectivity index (χ1v) is 8.60. The van der Waals surface area contributed by atoms with Crippen molar-refractivity contribution in [3.05, 3.63) is 47.5 Å². The second-order valence-electron chi connectivity index (χ2n) is 6.55. The molecule has 2 aromatic carbocycles. The molecule has 3 aliphatic rings. The largest absolute Gasteiger partial charge is 0.492 e. The molecule has 0 bridgehead atoms. The van der Waals surface area contributed by atoms with Crippen molar-refractivity contribution in [1.82, 2.24) is 5.32 Å². The first-order valence-electron chi connectivity index (χ1n) is 8.60. The molecule has 0 aromatic heterocycles. The first kappa shape index (κ1) is 14.9. The van der Waals surface area contributed by atoms with Gasteiger partial charge in [-0.3, -0.25) is 5.32 Å². The van der Waals surface area contributed by atoms with Gasteiger partial charge in [0.1, 0.15) is 25.6 Å². The lowest BCUT2D eigenvalue weighted by atomic mass is 9.75. The molecule has 5 rings (SSSR count). The van der Waals surface area contributed by atoms with Crippen LogP contribution in [0.3, 0.4) is 0 Å². The fraction of sp³-hybridized carbons (Fsp3) is 0.368. The second-order valence-corrected chi connectivity index (χ2v) is 6.55. The Bertz CT molecular complexity index is 825. The highest BCUT2D eigenvalue weighted by molar-refractivity contribution is 5.70. The molecule has 6 nitrogen and oxygen atoms in total. The average molecular weight is 340 g/mol. The number of rotatable bonds is 3. The van der Waals surface area contributed by atoms with Crippen LogP contribution in [-0.2, 0) is 5.41 Å². The van der Waals surface area contributed by atoms with E-state index in [1.54, 1.807) is 0 Å². The molecule has 1 spiro atoms. The van der Waals surface area contributed by atoms with E-state index in [1.165, 1.54) is 5.56 Å². The topological polar surface area (TPSA) is 72.0 Å². The highest BCUT2D eigenvalue weighted by atomic mass is 16.6. The highest BCUT2D eigenvalue weighted by Gasteiger charge is 2.54. The number of para-hydroxylation sites is 1. The SMILES string of the molecule is OCCNC1Nc2ccccc2C12COc1cc3c(cc12)OCCO3. The van der Waals surface area contributed by atoms with E-state index >= 15 is 0 Å². The third-order valence-corrected chi connectivity index (χ3v) is 5.24. The van der Waals surface area contributed by atoms with E-state index < -0.39 is 0 Å². The fourth-order valence-corrected chi connectivity index (χ4v) is 4.14. The number of hydrogen-bond acceptors (Lipinski definition) is 6. The molecule has 2 unspecified atom stereocenters. The van der Waals surface area contributed by atoms with Crippen LogP contribution in [-0.4, -0.2) is 44.2 Å². The van der Waals surface area contributed by atoms with Crippen LogP contribution in [0, 0.1) is 0 Å². The minimum atomic E-state index is -0.364. The summed E-state index contributed by atoms with van der Waals surface area (Å²) in [6.45, 7) is 2.23. The van der Waals surface area contributed by atoms with E-state index in [2.05, 4.69) is 22.8 Å². The van der Waals surface area contributed by atoms with Crippen molar-refractivity contribution in [3.63, 3.8) is 0 Å². The molecular weight excluding hydrogens is 320 g/mol. The summed E-state index contributed by atoms with van der Waals surface area (Å²) in [6.07, 6.45) is -0.0686. The van der Waals surface area contributed by atoms with E-state index in [4.69, 9.17) is 14.2 Å². The van der Waals surface area contributed by atoms with Gasteiger partial charge in [-0.1, -0.05) is 18.2 Å². The first-order chi connectivity index (χ1) is 12.3. The van der Waals surface area contributed by atoms with Crippen LogP contribution in [0.1, 0.15) is 11.1 Å². The number of aliphatic hydroxyl groups excluding tert-OH is 1. The summed E-state index contributed by atoms with van der Waals surface area (Å²) in [5.41, 5.74) is 3.01. The predicted molar refractivity (Wildman–Crippen MR) is 92.6 cm³/mol. The summed E-state index contributed by atoms with van der Waals surface area (Å²) in [5, 5.41) is 16.2. The van der Waals surface area contributed by atoms with Crippen molar-refractivity contribution < 1.29 is 19.3 Å². The molecule has 3 N–H and O–H groups in total. The van der Waals surface area contributed by atoms with Crippen LogP contribution in [0.25, 0.3) is 0 Å². The Morgan fingerprint density at radius 1 is 1.04 bits per heavy atom. The fourth-order valence-electron chi connectivity index (χ4n) is 4.14. The van der Waals surface area contributed by atoms with Gasteiger partial charge in [0.15, 0.2) is 11.5 Å². The Kier molecular flexibility index (Phi) is 3.29. The monoisotopic (exact) mass is 340 g/mol. The summed E-state index contributed by atoms with van der Waals surface area (Å²) >= 11 is 0. The van der Waals surface area contributed by atoms with Gasteiger partial charge in [-0.15, -0.1) is 0 Å². The van der Waals surface area contributed by atoms with Crippen molar-refractivity contribution in [3.8, 4) is 17.2 Å². The number of fused-ring (bicyclic) bond motifs is 5. The molecule has 0 radical (unpaired) electrons. The molecule has 3 heterocycles. The van der Waals surface area contributed by atoms with Crippen LogP contribution >= 0.6 is 0 Å². The molecule has 0 amide bonds. The van der Waals surface area contributed by atoms with E-state index in [0.29, 0.717) is 26.4 Å². The van der Waals surface area contributed by atoms with E-state index in [9.17, 15) is 5.11 Å². The zero-order chi connectivity index (χ0) is 16.9. The van der Waals surface area contributed by atoms with Crippen LogP contribution in [0.2, 0.25) is 0 Å². The average Bonchev–Trinajstić information content (AvgIpc) is 3.18. The third kappa shape index (κ3) is 2.04. The molecule has 0 aliphatic carbocycles. The maximum atomic E-state index is 9.27. The maximum absolute atomic E-state index is 9.27. The summed E-state index contributed by atoms with van der Waals surface area (Å²) in [5.74, 6) is 2.33. The smallest absolute Gasteiger partial charge is 0.165 e.